The second-order valence-corrected chi connectivity index (χ2v) is 12.2. The van der Waals surface area contributed by atoms with Crippen molar-refractivity contribution in [2.45, 2.75) is 89.8 Å². The van der Waals surface area contributed by atoms with Gasteiger partial charge in [0.05, 0.1) is 7.11 Å². The van der Waals surface area contributed by atoms with Crippen LogP contribution in [0, 0.1) is 0 Å². The molecular weight excluding hydrogens is 522 g/mol. The Morgan fingerprint density at radius 3 is 2.10 bits per heavy atom. The van der Waals surface area contributed by atoms with Gasteiger partial charge in [-0.15, -0.1) is 0 Å². The van der Waals surface area contributed by atoms with Gasteiger partial charge in [-0.2, -0.15) is 0 Å². The predicted octanol–water partition coefficient (Wildman–Crippen LogP) is 8.20. The summed E-state index contributed by atoms with van der Waals surface area (Å²) in [6.07, 6.45) is 6.73. The number of methoxy groups -OCH3 is 1. The molecule has 0 aromatic heterocycles. The maximum atomic E-state index is 10.8. The van der Waals surface area contributed by atoms with Crippen molar-refractivity contribution in [3.8, 4) is 17.2 Å². The van der Waals surface area contributed by atoms with E-state index in [0.717, 1.165) is 35.9 Å². The van der Waals surface area contributed by atoms with Crippen molar-refractivity contribution in [1.82, 2.24) is 4.90 Å². The van der Waals surface area contributed by atoms with Crippen LogP contribution in [0.4, 0.5) is 0 Å². The molecule has 0 fully saturated rings. The van der Waals surface area contributed by atoms with E-state index in [2.05, 4.69) is 81.1 Å². The fraction of sp³-hybridized carbons (Fsp3) is 0.514. The molecule has 3 atom stereocenters. The minimum atomic E-state index is -0.520. The molecule has 0 saturated carbocycles. The van der Waals surface area contributed by atoms with Gasteiger partial charge in [-0.25, -0.2) is 0 Å². The number of aliphatic hydroxyl groups is 1. The van der Waals surface area contributed by atoms with Crippen molar-refractivity contribution in [3.05, 3.63) is 89.5 Å². The predicted molar refractivity (Wildman–Crippen MR) is 172 cm³/mol. The average Bonchev–Trinajstić information content (AvgIpc) is 2.99. The Morgan fingerprint density at radius 1 is 0.833 bits per heavy atom. The smallest absolute Gasteiger partial charge is 0.127 e. The number of unbranched alkanes of at least 4 members (excludes halogenated alkanes) is 4. The minimum absolute atomic E-state index is 0.0940. The summed E-state index contributed by atoms with van der Waals surface area (Å²) in [7, 11) is 1.69. The summed E-state index contributed by atoms with van der Waals surface area (Å²) >= 11 is 0. The van der Waals surface area contributed by atoms with Crippen LogP contribution in [0.5, 0.6) is 17.2 Å². The van der Waals surface area contributed by atoms with Gasteiger partial charge in [0, 0.05) is 30.0 Å². The molecule has 0 saturated heterocycles. The molecule has 228 valence electrons. The first-order valence-electron chi connectivity index (χ1n) is 15.9. The van der Waals surface area contributed by atoms with Crippen LogP contribution >= 0.6 is 0 Å². The van der Waals surface area contributed by atoms with Crippen molar-refractivity contribution in [3.63, 3.8) is 0 Å². The lowest BCUT2D eigenvalue weighted by atomic mass is 9.68. The summed E-state index contributed by atoms with van der Waals surface area (Å²) in [5.41, 5.74) is 3.17. The van der Waals surface area contributed by atoms with Crippen LogP contribution in [0.2, 0.25) is 0 Å². The first kappa shape index (κ1) is 31.9. The summed E-state index contributed by atoms with van der Waals surface area (Å²) in [4.78, 5) is 2.41. The molecule has 3 aromatic carbocycles. The topological polar surface area (TPSA) is 51.2 Å². The summed E-state index contributed by atoms with van der Waals surface area (Å²) in [6, 6.07) is 25.2. The van der Waals surface area contributed by atoms with Crippen molar-refractivity contribution >= 4 is 0 Å². The van der Waals surface area contributed by atoms with Gasteiger partial charge >= 0.3 is 0 Å². The highest BCUT2D eigenvalue weighted by Crippen LogP contribution is 2.53. The maximum Gasteiger partial charge on any atom is 0.127 e. The number of aliphatic hydroxyl groups excluding tert-OH is 1. The molecule has 3 aromatic rings. The summed E-state index contributed by atoms with van der Waals surface area (Å²) in [6.45, 7) is 11.8. The van der Waals surface area contributed by atoms with Gasteiger partial charge in [0.2, 0.25) is 0 Å². The first-order valence-corrected chi connectivity index (χ1v) is 15.9. The van der Waals surface area contributed by atoms with Crippen molar-refractivity contribution in [2.75, 3.05) is 33.4 Å². The molecular formula is C37H51NO4. The molecule has 0 spiro atoms. The number of ether oxygens (including phenoxy) is 3. The third kappa shape index (κ3) is 8.29. The number of nitrogens with zero attached hydrogens (tertiary/aromatic N) is 1. The Kier molecular flexibility index (Phi) is 11.7. The Balaban J connectivity index is 1.49. The molecule has 5 heteroatoms. The summed E-state index contributed by atoms with van der Waals surface area (Å²) in [5, 5.41) is 10.8. The summed E-state index contributed by atoms with van der Waals surface area (Å²) < 4.78 is 18.2. The van der Waals surface area contributed by atoms with Gasteiger partial charge in [0.15, 0.2) is 0 Å². The second kappa shape index (κ2) is 15.5. The highest BCUT2D eigenvalue weighted by molar-refractivity contribution is 5.52. The second-order valence-electron chi connectivity index (χ2n) is 12.2. The molecule has 42 heavy (non-hydrogen) atoms. The molecule has 0 bridgehead atoms. The van der Waals surface area contributed by atoms with E-state index in [4.69, 9.17) is 14.2 Å². The lowest BCUT2D eigenvalue weighted by Gasteiger charge is -2.45. The van der Waals surface area contributed by atoms with E-state index in [1.807, 2.05) is 24.3 Å². The number of fused-ring (bicyclic) bond motifs is 1. The van der Waals surface area contributed by atoms with Crippen molar-refractivity contribution in [2.24, 2.45) is 0 Å². The van der Waals surface area contributed by atoms with Crippen LogP contribution in [0.1, 0.15) is 94.7 Å². The van der Waals surface area contributed by atoms with Gasteiger partial charge in [-0.1, -0.05) is 88.1 Å². The first-order chi connectivity index (χ1) is 20.4. The SMILES string of the molecule is CCCCCN(CCCCC)C[C@H](O)COc1ccc([C@@H]2c3ccc(OC)cc3OC(C)(C)[C@H]2c2ccccc2)cc1. The van der Waals surface area contributed by atoms with E-state index in [1.165, 1.54) is 49.7 Å². The Labute approximate surface area is 253 Å². The molecule has 0 radical (unpaired) electrons. The van der Waals surface area contributed by atoms with Gasteiger partial charge in [0.25, 0.3) is 0 Å². The molecule has 1 aliphatic heterocycles. The Bertz CT molecular complexity index is 1200. The molecule has 1 aliphatic rings. The fourth-order valence-electron chi connectivity index (χ4n) is 6.32. The third-order valence-corrected chi connectivity index (χ3v) is 8.48. The quantitative estimate of drug-likeness (QED) is 0.175. The van der Waals surface area contributed by atoms with Gasteiger partial charge < -0.3 is 24.2 Å². The number of hydrogen-bond acceptors (Lipinski definition) is 5. The molecule has 1 N–H and O–H groups in total. The van der Waals surface area contributed by atoms with E-state index in [1.54, 1.807) is 7.11 Å². The van der Waals surface area contributed by atoms with E-state index in [0.29, 0.717) is 6.54 Å². The molecule has 1 heterocycles. The molecule has 4 rings (SSSR count). The van der Waals surface area contributed by atoms with E-state index in [9.17, 15) is 5.11 Å². The number of benzene rings is 3. The van der Waals surface area contributed by atoms with Crippen LogP contribution in [0.15, 0.2) is 72.8 Å². The largest absolute Gasteiger partial charge is 0.497 e. The van der Waals surface area contributed by atoms with E-state index >= 15 is 0 Å². The molecule has 0 amide bonds. The van der Waals surface area contributed by atoms with Crippen molar-refractivity contribution in [1.29, 1.82) is 0 Å². The average molecular weight is 574 g/mol. The zero-order valence-electron chi connectivity index (χ0n) is 26.4. The van der Waals surface area contributed by atoms with Crippen LogP contribution in [0.25, 0.3) is 0 Å². The zero-order chi connectivity index (χ0) is 30.0. The normalized spacial score (nSPS) is 18.3. The van der Waals surface area contributed by atoms with Crippen LogP contribution in [0.3, 0.4) is 0 Å². The molecule has 0 aliphatic carbocycles. The fourth-order valence-corrected chi connectivity index (χ4v) is 6.32. The highest BCUT2D eigenvalue weighted by atomic mass is 16.5. The Morgan fingerprint density at radius 2 is 1.48 bits per heavy atom. The standard InChI is InChI=1S/C37H51NO4/c1-6-8-13-23-38(24-14-9-7-2)26-30(39)27-41-31-19-17-28(18-20-31)35-33-22-21-32(40-5)25-34(33)42-37(3,4)36(35)29-15-11-10-12-16-29/h10-12,15-22,25,30,35-36,39H,6-9,13-14,23-24,26-27H2,1-5H3/t30-,35+,36-/m0/s1. The minimum Gasteiger partial charge on any atom is -0.497 e. The van der Waals surface area contributed by atoms with Gasteiger partial charge in [-0.05, 0) is 69.1 Å². The number of hydrogen-bond donors (Lipinski definition) is 1. The van der Waals surface area contributed by atoms with E-state index < -0.39 is 11.7 Å². The summed E-state index contributed by atoms with van der Waals surface area (Å²) in [5.74, 6) is 2.63. The maximum absolute atomic E-state index is 10.8. The van der Waals surface area contributed by atoms with Gasteiger partial charge in [-0.3, -0.25) is 0 Å². The molecule has 5 nitrogen and oxygen atoms in total. The van der Waals surface area contributed by atoms with Crippen LogP contribution in [-0.4, -0.2) is 55.1 Å². The third-order valence-electron chi connectivity index (χ3n) is 8.48. The number of rotatable bonds is 16. The van der Waals surface area contributed by atoms with Crippen LogP contribution < -0.4 is 14.2 Å². The highest BCUT2D eigenvalue weighted by Gasteiger charge is 2.45. The van der Waals surface area contributed by atoms with Crippen molar-refractivity contribution < 1.29 is 19.3 Å². The monoisotopic (exact) mass is 573 g/mol. The zero-order valence-corrected chi connectivity index (χ0v) is 26.4. The molecule has 0 unspecified atom stereocenters. The van der Waals surface area contributed by atoms with Gasteiger partial charge in [0.1, 0.15) is 35.6 Å². The lowest BCUT2D eigenvalue weighted by molar-refractivity contribution is 0.0527. The lowest BCUT2D eigenvalue weighted by Crippen LogP contribution is -2.43. The Hall–Kier alpha value is -3.02. The van der Waals surface area contributed by atoms with E-state index in [-0.39, 0.29) is 18.4 Å². The van der Waals surface area contributed by atoms with Crippen LogP contribution in [-0.2, 0) is 0 Å².